The topological polar surface area (TPSA) is 52.7 Å². The number of rotatable bonds is 6. The van der Waals surface area contributed by atoms with Crippen molar-refractivity contribution in [3.63, 3.8) is 0 Å². The van der Waals surface area contributed by atoms with Crippen LogP contribution in [0.5, 0.6) is 0 Å². The Morgan fingerprint density at radius 1 is 1.62 bits per heavy atom. The minimum absolute atomic E-state index is 0.705. The third-order valence-corrected chi connectivity index (χ3v) is 3.48. The first-order chi connectivity index (χ1) is 7.77. The van der Waals surface area contributed by atoms with Gasteiger partial charge in [-0.2, -0.15) is 11.8 Å². The van der Waals surface area contributed by atoms with E-state index in [1.54, 1.807) is 6.33 Å². The maximum Gasteiger partial charge on any atom is 0.166 e. The molecule has 0 aliphatic carbocycles. The van der Waals surface area contributed by atoms with Crippen LogP contribution in [0.1, 0.15) is 18.3 Å². The molecule has 1 aromatic heterocycles. The molecule has 0 amide bonds. The lowest BCUT2D eigenvalue weighted by Crippen LogP contribution is -2.33. The molecular weight excluding hydrogens is 240 g/mol. The summed E-state index contributed by atoms with van der Waals surface area (Å²) in [5, 5.41) is 6.70. The normalized spacial score (nSPS) is 10.1. The highest BCUT2D eigenvalue weighted by molar-refractivity contribution is 7.98. The van der Waals surface area contributed by atoms with E-state index in [2.05, 4.69) is 27.5 Å². The van der Waals surface area contributed by atoms with Crippen molar-refractivity contribution in [3.8, 4) is 0 Å². The van der Waals surface area contributed by atoms with Crippen molar-refractivity contribution in [1.82, 2.24) is 20.6 Å². The number of H-pyrrole nitrogens is 1. The molecule has 0 bridgehead atoms. The highest BCUT2D eigenvalue weighted by Gasteiger charge is 2.02. The number of hydrogen-bond donors (Lipinski definition) is 3. The van der Waals surface area contributed by atoms with E-state index in [9.17, 15) is 0 Å². The average Bonchev–Trinajstić information content (AvgIpc) is 2.75. The van der Waals surface area contributed by atoms with Crippen LogP contribution in [0.25, 0.3) is 0 Å². The first-order valence-electron chi connectivity index (χ1n) is 5.32. The van der Waals surface area contributed by atoms with Gasteiger partial charge in [-0.3, -0.25) is 0 Å². The minimum Gasteiger partial charge on any atom is -0.366 e. The number of imidazole rings is 1. The zero-order valence-electron chi connectivity index (χ0n) is 9.67. The molecule has 0 atom stereocenters. The SMILES string of the molecule is CCc1nc[nH]c1CSCCNC(=S)NC. The summed E-state index contributed by atoms with van der Waals surface area (Å²) in [6, 6.07) is 0. The van der Waals surface area contributed by atoms with Crippen LogP contribution >= 0.6 is 24.0 Å². The Balaban J connectivity index is 2.14. The van der Waals surface area contributed by atoms with Crippen LogP contribution in [0.15, 0.2) is 6.33 Å². The van der Waals surface area contributed by atoms with Crippen LogP contribution in [-0.4, -0.2) is 34.4 Å². The average molecular weight is 258 g/mol. The number of thioether (sulfide) groups is 1. The molecule has 1 heterocycles. The van der Waals surface area contributed by atoms with Gasteiger partial charge >= 0.3 is 0 Å². The highest BCUT2D eigenvalue weighted by atomic mass is 32.2. The molecule has 4 nitrogen and oxygen atoms in total. The van der Waals surface area contributed by atoms with Gasteiger partial charge in [0, 0.05) is 30.8 Å². The van der Waals surface area contributed by atoms with Crippen LogP contribution in [0.4, 0.5) is 0 Å². The Morgan fingerprint density at radius 3 is 3.12 bits per heavy atom. The van der Waals surface area contributed by atoms with Crippen LogP contribution in [-0.2, 0) is 12.2 Å². The number of aryl methyl sites for hydroxylation is 1. The summed E-state index contributed by atoms with van der Waals surface area (Å²) in [6.45, 7) is 3.01. The summed E-state index contributed by atoms with van der Waals surface area (Å²) in [4.78, 5) is 7.44. The van der Waals surface area contributed by atoms with Crippen LogP contribution in [0.3, 0.4) is 0 Å². The molecule has 0 aliphatic heterocycles. The van der Waals surface area contributed by atoms with Gasteiger partial charge in [-0.15, -0.1) is 0 Å². The molecule has 0 unspecified atom stereocenters. The summed E-state index contributed by atoms with van der Waals surface area (Å²) in [6.07, 6.45) is 2.75. The number of hydrogen-bond acceptors (Lipinski definition) is 3. The first kappa shape index (κ1) is 13.3. The largest absolute Gasteiger partial charge is 0.366 e. The third-order valence-electron chi connectivity index (χ3n) is 2.15. The Morgan fingerprint density at radius 2 is 2.44 bits per heavy atom. The second kappa shape index (κ2) is 7.51. The molecule has 1 aromatic rings. The van der Waals surface area contributed by atoms with Crippen molar-refractivity contribution >= 4 is 29.1 Å². The molecule has 0 aliphatic rings. The first-order valence-corrected chi connectivity index (χ1v) is 6.88. The van der Waals surface area contributed by atoms with Crippen molar-refractivity contribution in [1.29, 1.82) is 0 Å². The maximum atomic E-state index is 4.98. The van der Waals surface area contributed by atoms with Crippen LogP contribution < -0.4 is 10.6 Å². The number of nitrogens with one attached hydrogen (secondary N) is 3. The van der Waals surface area contributed by atoms with E-state index in [-0.39, 0.29) is 0 Å². The fourth-order valence-electron chi connectivity index (χ4n) is 1.28. The third kappa shape index (κ3) is 4.40. The van der Waals surface area contributed by atoms with Crippen LogP contribution in [0, 0.1) is 0 Å². The van der Waals surface area contributed by atoms with Crippen LogP contribution in [0.2, 0.25) is 0 Å². The second-order valence-corrected chi connectivity index (χ2v) is 4.75. The van der Waals surface area contributed by atoms with E-state index < -0.39 is 0 Å². The van der Waals surface area contributed by atoms with Gasteiger partial charge in [-0.25, -0.2) is 4.98 Å². The molecule has 0 radical (unpaired) electrons. The summed E-state index contributed by atoms with van der Waals surface area (Å²) >= 11 is 6.85. The van der Waals surface area contributed by atoms with E-state index in [1.807, 2.05) is 18.8 Å². The molecule has 0 spiro atoms. The summed E-state index contributed by atoms with van der Waals surface area (Å²) in [7, 11) is 1.82. The fraction of sp³-hybridized carbons (Fsp3) is 0.600. The zero-order valence-corrected chi connectivity index (χ0v) is 11.3. The number of aromatic amines is 1. The minimum atomic E-state index is 0.705. The number of thiocarbonyl (C=S) groups is 1. The Bertz CT molecular complexity index is 324. The fourth-order valence-corrected chi connectivity index (χ4v) is 2.23. The molecular formula is C10H18N4S2. The predicted molar refractivity (Wildman–Crippen MR) is 73.8 cm³/mol. The molecule has 16 heavy (non-hydrogen) atoms. The predicted octanol–water partition coefficient (Wildman–Crippen LogP) is 1.30. The summed E-state index contributed by atoms with van der Waals surface area (Å²) in [5.41, 5.74) is 2.41. The molecule has 0 saturated carbocycles. The molecule has 0 fully saturated rings. The smallest absolute Gasteiger partial charge is 0.166 e. The van der Waals surface area contributed by atoms with Crippen molar-refractivity contribution in [2.75, 3.05) is 19.3 Å². The quantitative estimate of drug-likeness (QED) is 0.530. The zero-order chi connectivity index (χ0) is 11.8. The van der Waals surface area contributed by atoms with Crippen molar-refractivity contribution in [2.24, 2.45) is 0 Å². The number of aromatic nitrogens is 2. The van der Waals surface area contributed by atoms with E-state index in [4.69, 9.17) is 12.2 Å². The van der Waals surface area contributed by atoms with E-state index in [0.29, 0.717) is 5.11 Å². The molecule has 90 valence electrons. The lowest BCUT2D eigenvalue weighted by Gasteiger charge is -2.06. The molecule has 6 heteroatoms. The lowest BCUT2D eigenvalue weighted by molar-refractivity contribution is 0.942. The van der Waals surface area contributed by atoms with Gasteiger partial charge < -0.3 is 15.6 Å². The summed E-state index contributed by atoms with van der Waals surface area (Å²) < 4.78 is 0. The van der Waals surface area contributed by atoms with Gasteiger partial charge in [0.25, 0.3) is 0 Å². The molecule has 0 aromatic carbocycles. The van der Waals surface area contributed by atoms with E-state index >= 15 is 0 Å². The van der Waals surface area contributed by atoms with Gasteiger partial charge in [0.2, 0.25) is 0 Å². The molecule has 3 N–H and O–H groups in total. The van der Waals surface area contributed by atoms with Crippen molar-refractivity contribution in [2.45, 2.75) is 19.1 Å². The lowest BCUT2D eigenvalue weighted by atomic mass is 10.3. The van der Waals surface area contributed by atoms with E-state index in [0.717, 1.165) is 24.5 Å². The van der Waals surface area contributed by atoms with Gasteiger partial charge in [-0.1, -0.05) is 6.92 Å². The molecule has 0 saturated heterocycles. The maximum absolute atomic E-state index is 4.98. The Labute approximate surface area is 106 Å². The highest BCUT2D eigenvalue weighted by Crippen LogP contribution is 2.12. The van der Waals surface area contributed by atoms with Crippen molar-refractivity contribution < 1.29 is 0 Å². The van der Waals surface area contributed by atoms with Gasteiger partial charge in [-0.05, 0) is 18.6 Å². The molecule has 1 rings (SSSR count). The van der Waals surface area contributed by atoms with E-state index in [1.165, 1.54) is 11.4 Å². The summed E-state index contributed by atoms with van der Waals surface area (Å²) in [5.74, 6) is 2.02. The van der Waals surface area contributed by atoms with Gasteiger partial charge in [0.05, 0.1) is 12.0 Å². The van der Waals surface area contributed by atoms with Crippen molar-refractivity contribution in [3.05, 3.63) is 17.7 Å². The second-order valence-electron chi connectivity index (χ2n) is 3.24. The number of nitrogens with zero attached hydrogens (tertiary/aromatic N) is 1. The van der Waals surface area contributed by atoms with Gasteiger partial charge in [0.15, 0.2) is 5.11 Å². The Kier molecular flexibility index (Phi) is 6.25. The standard InChI is InChI=1S/C10H18N4S2/c1-3-8-9(14-7-13-8)6-16-5-4-12-10(15)11-2/h7H,3-6H2,1-2H3,(H,13,14)(H2,11,12,15). The Hall–Kier alpha value is -0.750. The van der Waals surface area contributed by atoms with Gasteiger partial charge in [0.1, 0.15) is 0 Å². The monoisotopic (exact) mass is 258 g/mol.